The van der Waals surface area contributed by atoms with Gasteiger partial charge in [-0.1, -0.05) is 23.7 Å². The number of carbonyl (C=O) groups excluding carboxylic acids is 1. The van der Waals surface area contributed by atoms with E-state index in [2.05, 4.69) is 15.3 Å². The first-order valence-electron chi connectivity index (χ1n) is 5.34. The van der Waals surface area contributed by atoms with Crippen molar-refractivity contribution in [1.82, 2.24) is 9.97 Å². The number of amides is 1. The van der Waals surface area contributed by atoms with Crippen LogP contribution in [0.3, 0.4) is 0 Å². The lowest BCUT2D eigenvalue weighted by Gasteiger charge is -2.11. The minimum Gasteiger partial charge on any atom is -0.290 e. The fourth-order valence-electron chi connectivity index (χ4n) is 1.49. The Morgan fingerprint density at radius 1 is 1.20 bits per heavy atom. The molecule has 104 valence electrons. The topological polar surface area (TPSA) is 54.9 Å². The van der Waals surface area contributed by atoms with Crippen molar-refractivity contribution >= 4 is 23.5 Å². The van der Waals surface area contributed by atoms with Crippen LogP contribution in [-0.4, -0.2) is 15.9 Å². The van der Waals surface area contributed by atoms with Crippen LogP contribution in [0.2, 0.25) is 5.15 Å². The van der Waals surface area contributed by atoms with Gasteiger partial charge < -0.3 is 0 Å². The number of alkyl halides is 3. The number of hydrogen-bond acceptors (Lipinski definition) is 3. The zero-order valence-corrected chi connectivity index (χ0v) is 10.5. The zero-order chi connectivity index (χ0) is 14.8. The van der Waals surface area contributed by atoms with Gasteiger partial charge in [0.25, 0.3) is 5.91 Å². The Bertz CT molecular complexity index is 646. The molecule has 1 N–H and O–H groups in total. The lowest BCUT2D eigenvalue weighted by atomic mass is 10.1. The predicted molar refractivity (Wildman–Crippen MR) is 66.4 cm³/mol. The number of halogens is 4. The quantitative estimate of drug-likeness (QED) is 0.865. The number of nitrogens with one attached hydrogen (secondary N) is 1. The van der Waals surface area contributed by atoms with Crippen molar-refractivity contribution in [2.75, 3.05) is 5.32 Å². The van der Waals surface area contributed by atoms with E-state index < -0.39 is 23.2 Å². The van der Waals surface area contributed by atoms with Crippen LogP contribution in [-0.2, 0) is 6.18 Å². The molecular formula is C12H7ClF3N3O. The van der Waals surface area contributed by atoms with Gasteiger partial charge in [0.1, 0.15) is 5.15 Å². The SMILES string of the molecule is O=C(Nc1nccc(Cl)n1)c1ccccc1C(F)(F)F. The van der Waals surface area contributed by atoms with Gasteiger partial charge >= 0.3 is 6.18 Å². The summed E-state index contributed by atoms with van der Waals surface area (Å²) in [4.78, 5) is 19.2. The smallest absolute Gasteiger partial charge is 0.290 e. The molecule has 0 atom stereocenters. The molecule has 1 amide bonds. The van der Waals surface area contributed by atoms with Gasteiger partial charge in [-0.3, -0.25) is 10.1 Å². The number of rotatable bonds is 2. The molecule has 0 spiro atoms. The average Bonchev–Trinajstić information content (AvgIpc) is 2.37. The highest BCUT2D eigenvalue weighted by atomic mass is 35.5. The lowest BCUT2D eigenvalue weighted by molar-refractivity contribution is -0.137. The van der Waals surface area contributed by atoms with E-state index in [1.54, 1.807) is 0 Å². The molecule has 0 unspecified atom stereocenters. The molecule has 0 bridgehead atoms. The van der Waals surface area contributed by atoms with Crippen molar-refractivity contribution in [3.05, 3.63) is 52.8 Å². The Labute approximate surface area is 116 Å². The number of anilines is 1. The summed E-state index contributed by atoms with van der Waals surface area (Å²) in [6, 6.07) is 5.82. The van der Waals surface area contributed by atoms with E-state index in [0.717, 1.165) is 12.1 Å². The molecule has 2 rings (SSSR count). The molecule has 2 aromatic rings. The molecule has 20 heavy (non-hydrogen) atoms. The first-order chi connectivity index (χ1) is 9.38. The molecule has 4 nitrogen and oxygen atoms in total. The molecule has 0 fully saturated rings. The van der Waals surface area contributed by atoms with Crippen molar-refractivity contribution in [2.24, 2.45) is 0 Å². The number of carbonyl (C=O) groups is 1. The van der Waals surface area contributed by atoms with E-state index in [4.69, 9.17) is 11.6 Å². The summed E-state index contributed by atoms with van der Waals surface area (Å²) in [5.74, 6) is -1.13. The molecule has 0 aliphatic rings. The highest BCUT2D eigenvalue weighted by molar-refractivity contribution is 6.29. The van der Waals surface area contributed by atoms with E-state index in [9.17, 15) is 18.0 Å². The Morgan fingerprint density at radius 2 is 1.90 bits per heavy atom. The lowest BCUT2D eigenvalue weighted by Crippen LogP contribution is -2.19. The molecule has 1 aromatic carbocycles. The van der Waals surface area contributed by atoms with E-state index >= 15 is 0 Å². The maximum Gasteiger partial charge on any atom is 0.417 e. The maximum atomic E-state index is 12.8. The normalized spacial score (nSPS) is 11.2. The maximum absolute atomic E-state index is 12.8. The van der Waals surface area contributed by atoms with Gasteiger partial charge in [-0.05, 0) is 18.2 Å². The summed E-state index contributed by atoms with van der Waals surface area (Å²) in [5.41, 5.74) is -1.54. The van der Waals surface area contributed by atoms with E-state index in [1.165, 1.54) is 24.4 Å². The van der Waals surface area contributed by atoms with Crippen molar-refractivity contribution in [3.8, 4) is 0 Å². The molecule has 0 saturated heterocycles. The third-order valence-corrected chi connectivity index (χ3v) is 2.53. The van der Waals surface area contributed by atoms with Crippen LogP contribution in [0, 0.1) is 0 Å². The fraction of sp³-hybridized carbons (Fsp3) is 0.0833. The minimum atomic E-state index is -4.62. The van der Waals surface area contributed by atoms with Crippen LogP contribution in [0.4, 0.5) is 19.1 Å². The van der Waals surface area contributed by atoms with Crippen molar-refractivity contribution in [2.45, 2.75) is 6.18 Å². The summed E-state index contributed by atoms with van der Waals surface area (Å²) in [6.07, 6.45) is -3.34. The molecule has 0 aliphatic heterocycles. The Kier molecular flexibility index (Phi) is 3.89. The molecular weight excluding hydrogens is 295 g/mol. The van der Waals surface area contributed by atoms with E-state index in [1.807, 2.05) is 0 Å². The van der Waals surface area contributed by atoms with Gasteiger partial charge in [-0.15, -0.1) is 0 Å². The van der Waals surface area contributed by atoms with Crippen molar-refractivity contribution in [1.29, 1.82) is 0 Å². The Hall–Kier alpha value is -2.15. The average molecular weight is 302 g/mol. The van der Waals surface area contributed by atoms with Crippen LogP contribution in [0.25, 0.3) is 0 Å². The molecule has 0 saturated carbocycles. The Balaban J connectivity index is 2.31. The zero-order valence-electron chi connectivity index (χ0n) is 9.78. The van der Waals surface area contributed by atoms with E-state index in [0.29, 0.717) is 0 Å². The summed E-state index contributed by atoms with van der Waals surface area (Å²) >= 11 is 5.60. The summed E-state index contributed by atoms with van der Waals surface area (Å²) in [6.45, 7) is 0. The second-order valence-corrected chi connectivity index (χ2v) is 4.09. The third-order valence-electron chi connectivity index (χ3n) is 2.32. The molecule has 0 radical (unpaired) electrons. The molecule has 1 aromatic heterocycles. The van der Waals surface area contributed by atoms with Crippen LogP contribution in [0.5, 0.6) is 0 Å². The molecule has 0 aliphatic carbocycles. The summed E-state index contributed by atoms with van der Waals surface area (Å²) in [7, 11) is 0. The van der Waals surface area contributed by atoms with Crippen LogP contribution < -0.4 is 5.32 Å². The van der Waals surface area contributed by atoms with E-state index in [-0.39, 0.29) is 11.1 Å². The van der Waals surface area contributed by atoms with Gasteiger partial charge in [-0.2, -0.15) is 13.2 Å². The summed E-state index contributed by atoms with van der Waals surface area (Å²) in [5, 5.41) is 2.23. The van der Waals surface area contributed by atoms with Gasteiger partial charge in [0.2, 0.25) is 5.95 Å². The van der Waals surface area contributed by atoms with Gasteiger partial charge in [0, 0.05) is 6.20 Å². The van der Waals surface area contributed by atoms with Crippen molar-refractivity contribution in [3.63, 3.8) is 0 Å². The first kappa shape index (κ1) is 14.3. The van der Waals surface area contributed by atoms with Crippen LogP contribution in [0.15, 0.2) is 36.5 Å². The number of hydrogen-bond donors (Lipinski definition) is 1. The van der Waals surface area contributed by atoms with Crippen LogP contribution >= 0.6 is 11.6 Å². The number of aromatic nitrogens is 2. The first-order valence-corrected chi connectivity index (χ1v) is 5.72. The number of nitrogens with zero attached hydrogens (tertiary/aromatic N) is 2. The van der Waals surface area contributed by atoms with Crippen LogP contribution in [0.1, 0.15) is 15.9 Å². The predicted octanol–water partition coefficient (Wildman–Crippen LogP) is 3.40. The molecule has 1 heterocycles. The number of benzene rings is 1. The largest absolute Gasteiger partial charge is 0.417 e. The molecule has 8 heteroatoms. The van der Waals surface area contributed by atoms with Gasteiger partial charge in [-0.25, -0.2) is 9.97 Å². The minimum absolute atomic E-state index is 0.0689. The van der Waals surface area contributed by atoms with Gasteiger partial charge in [0.05, 0.1) is 11.1 Å². The fourth-order valence-corrected chi connectivity index (χ4v) is 1.63. The second-order valence-electron chi connectivity index (χ2n) is 3.70. The second kappa shape index (κ2) is 5.46. The highest BCUT2D eigenvalue weighted by Gasteiger charge is 2.34. The monoisotopic (exact) mass is 301 g/mol. The standard InChI is InChI=1S/C12H7ClF3N3O/c13-9-5-6-17-11(18-9)19-10(20)7-3-1-2-4-8(7)12(14,15)16/h1-6H,(H,17,18,19,20). The Morgan fingerprint density at radius 3 is 2.55 bits per heavy atom. The summed E-state index contributed by atoms with van der Waals surface area (Å²) < 4.78 is 38.3. The third kappa shape index (κ3) is 3.24. The highest BCUT2D eigenvalue weighted by Crippen LogP contribution is 2.32. The van der Waals surface area contributed by atoms with Gasteiger partial charge in [0.15, 0.2) is 0 Å². The van der Waals surface area contributed by atoms with Crippen molar-refractivity contribution < 1.29 is 18.0 Å².